The number of benzene rings is 2. The van der Waals surface area contributed by atoms with Crippen molar-refractivity contribution in [2.24, 2.45) is 0 Å². The molecule has 0 aromatic heterocycles. The minimum Gasteiger partial charge on any atom is -0.447 e. The van der Waals surface area contributed by atoms with Crippen molar-refractivity contribution < 1.29 is 18.8 Å². The molecule has 1 atom stereocenters. The van der Waals surface area contributed by atoms with Gasteiger partial charge in [0.2, 0.25) is 14.2 Å². The van der Waals surface area contributed by atoms with Gasteiger partial charge in [0, 0.05) is 0 Å². The largest absolute Gasteiger partial charge is 0.447 e. The summed E-state index contributed by atoms with van der Waals surface area (Å²) in [7, 11) is -1.93. The molecule has 34 heavy (non-hydrogen) atoms. The Bertz CT molecular complexity index is 934. The third kappa shape index (κ3) is 5.78. The molecule has 0 bridgehead atoms. The van der Waals surface area contributed by atoms with E-state index >= 15 is 0 Å². The average Bonchev–Trinajstić information content (AvgIpc) is 3.15. The molecule has 1 fully saturated rings. The Balaban J connectivity index is 1.63. The van der Waals surface area contributed by atoms with Crippen LogP contribution in [0.4, 0.5) is 4.79 Å². The van der Waals surface area contributed by atoms with Gasteiger partial charge >= 0.3 is 6.09 Å². The minimum absolute atomic E-state index is 0.171. The van der Waals surface area contributed by atoms with Gasteiger partial charge < -0.3 is 9.16 Å². The van der Waals surface area contributed by atoms with Gasteiger partial charge in [-0.1, -0.05) is 96.1 Å². The van der Waals surface area contributed by atoms with Crippen LogP contribution in [0, 0.1) is 0 Å². The predicted octanol–water partition coefficient (Wildman–Crippen LogP) is 6.51. The van der Waals surface area contributed by atoms with E-state index in [0.717, 1.165) is 16.7 Å². The lowest BCUT2D eigenvalue weighted by Gasteiger charge is -2.42. The number of carbonyl (C=O) groups is 2. The van der Waals surface area contributed by atoms with Crippen LogP contribution < -0.4 is 0 Å². The molecule has 1 unspecified atom stereocenters. The lowest BCUT2D eigenvalue weighted by molar-refractivity contribution is -0.128. The van der Waals surface area contributed by atoms with E-state index in [1.165, 1.54) is 4.90 Å². The summed E-state index contributed by atoms with van der Waals surface area (Å²) in [5, 5.41) is 0. The lowest BCUT2D eigenvalue weighted by Crippen LogP contribution is -2.47. The van der Waals surface area contributed by atoms with Gasteiger partial charge in [-0.2, -0.15) is 0 Å². The zero-order chi connectivity index (χ0) is 24.9. The highest BCUT2D eigenvalue weighted by Gasteiger charge is 2.45. The summed E-state index contributed by atoms with van der Waals surface area (Å²) in [6, 6.07) is 17.6. The van der Waals surface area contributed by atoms with E-state index in [1.807, 2.05) is 54.6 Å². The van der Waals surface area contributed by atoms with Gasteiger partial charge in [-0.05, 0) is 39.7 Å². The summed E-state index contributed by atoms with van der Waals surface area (Å²) >= 11 is 0. The van der Waals surface area contributed by atoms with Gasteiger partial charge in [-0.3, -0.25) is 4.79 Å². The Morgan fingerprint density at radius 3 is 2.03 bits per heavy atom. The maximum atomic E-state index is 13.0. The second-order valence-electron chi connectivity index (χ2n) is 10.3. The molecule has 2 aromatic carbocycles. The Morgan fingerprint density at radius 1 is 0.912 bits per heavy atom. The molecular weight excluding hydrogens is 442 g/mol. The van der Waals surface area contributed by atoms with Crippen LogP contribution in [0.15, 0.2) is 54.6 Å². The van der Waals surface area contributed by atoms with E-state index in [1.54, 1.807) is 0 Å². The fraction of sp³-hybridized carbons (Fsp3) is 0.500. The second kappa shape index (κ2) is 11.3. The van der Waals surface area contributed by atoms with E-state index < -0.39 is 14.4 Å². The van der Waals surface area contributed by atoms with Crippen molar-refractivity contribution in [3.8, 4) is 0 Å². The number of ether oxygens (including phenoxy) is 1. The number of hydrogen-bond acceptors (Lipinski definition) is 4. The summed E-state index contributed by atoms with van der Waals surface area (Å²) < 4.78 is 11.9. The van der Waals surface area contributed by atoms with Gasteiger partial charge in [0.15, 0.2) is 0 Å². The zero-order valence-corrected chi connectivity index (χ0v) is 22.4. The Morgan fingerprint density at radius 2 is 1.47 bits per heavy atom. The van der Waals surface area contributed by atoms with E-state index in [2.05, 4.69) is 41.5 Å². The number of rotatable bonds is 10. The Hall–Kier alpha value is -2.44. The first-order chi connectivity index (χ1) is 16.1. The topological polar surface area (TPSA) is 55.8 Å². The quantitative estimate of drug-likeness (QED) is 0.363. The normalized spacial score (nSPS) is 16.6. The van der Waals surface area contributed by atoms with E-state index in [-0.39, 0.29) is 25.0 Å². The van der Waals surface area contributed by atoms with E-state index in [0.29, 0.717) is 29.7 Å². The van der Waals surface area contributed by atoms with Crippen LogP contribution in [0.3, 0.4) is 0 Å². The first-order valence-electron chi connectivity index (χ1n) is 12.4. The molecule has 0 radical (unpaired) electrons. The molecule has 1 heterocycles. The van der Waals surface area contributed by atoms with Crippen LogP contribution in [0.5, 0.6) is 0 Å². The number of hydrogen-bond donors (Lipinski definition) is 0. The third-order valence-electron chi connectivity index (χ3n) is 7.12. The van der Waals surface area contributed by atoms with Crippen LogP contribution in [0.1, 0.15) is 58.2 Å². The Labute approximate surface area is 205 Å². The van der Waals surface area contributed by atoms with Gasteiger partial charge in [0.05, 0.1) is 19.1 Å². The molecule has 0 spiro atoms. The standard InChI is InChI=1S/C28H39NO4Si/c1-20(2)34(21(3)4,22(5)6)33-18-25-14-12-24(13-15-25)17-27(30)29-26(19-32-28(29)31)16-23-10-8-7-9-11-23/h7-15,20-22,26H,16-19H2,1-6H3. The lowest BCUT2D eigenvalue weighted by atomic mass is 10.0. The molecular formula is C28H39NO4Si. The van der Waals surface area contributed by atoms with Crippen molar-refractivity contribution >= 4 is 20.3 Å². The van der Waals surface area contributed by atoms with Crippen molar-refractivity contribution in [2.75, 3.05) is 6.61 Å². The van der Waals surface area contributed by atoms with Gasteiger partial charge in [0.1, 0.15) is 6.61 Å². The summed E-state index contributed by atoms with van der Waals surface area (Å²) in [5.74, 6) is -0.224. The average molecular weight is 482 g/mol. The molecule has 5 nitrogen and oxygen atoms in total. The first-order valence-corrected chi connectivity index (χ1v) is 14.5. The van der Waals surface area contributed by atoms with Crippen LogP contribution in [-0.4, -0.2) is 37.9 Å². The van der Waals surface area contributed by atoms with Crippen molar-refractivity contribution in [3.05, 3.63) is 71.3 Å². The van der Waals surface area contributed by atoms with Crippen molar-refractivity contribution in [2.45, 2.75) is 83.7 Å². The minimum atomic E-state index is -1.93. The fourth-order valence-electron chi connectivity index (χ4n) is 5.52. The fourth-order valence-corrected chi connectivity index (χ4v) is 10.9. The molecule has 1 saturated heterocycles. The van der Waals surface area contributed by atoms with Gasteiger partial charge in [-0.15, -0.1) is 0 Å². The van der Waals surface area contributed by atoms with E-state index in [4.69, 9.17) is 9.16 Å². The molecule has 2 aromatic rings. The summed E-state index contributed by atoms with van der Waals surface area (Å²) in [6.45, 7) is 14.6. The monoisotopic (exact) mass is 481 g/mol. The third-order valence-corrected chi connectivity index (χ3v) is 13.2. The van der Waals surface area contributed by atoms with Crippen LogP contribution in [-0.2, 0) is 33.4 Å². The molecule has 0 saturated carbocycles. The van der Waals surface area contributed by atoms with Crippen LogP contribution >= 0.6 is 0 Å². The maximum absolute atomic E-state index is 13.0. The first kappa shape index (κ1) is 26.2. The predicted molar refractivity (Wildman–Crippen MR) is 138 cm³/mol. The highest BCUT2D eigenvalue weighted by atomic mass is 28.4. The van der Waals surface area contributed by atoms with Crippen molar-refractivity contribution in [3.63, 3.8) is 0 Å². The SMILES string of the molecule is CC(C)[Si](OCc1ccc(CC(=O)N2C(=O)OCC2Cc2ccccc2)cc1)(C(C)C)C(C)C. The summed E-state index contributed by atoms with van der Waals surface area (Å²) in [5.41, 5.74) is 4.68. The summed E-state index contributed by atoms with van der Waals surface area (Å²) in [6.07, 6.45) is 0.222. The number of amides is 2. The Kier molecular flexibility index (Phi) is 8.71. The van der Waals surface area contributed by atoms with E-state index in [9.17, 15) is 9.59 Å². The molecule has 1 aliphatic rings. The van der Waals surface area contributed by atoms with Gasteiger partial charge in [0.25, 0.3) is 0 Å². The number of imide groups is 1. The van der Waals surface area contributed by atoms with Crippen molar-refractivity contribution in [1.82, 2.24) is 4.90 Å². The maximum Gasteiger partial charge on any atom is 0.416 e. The molecule has 3 rings (SSSR count). The molecule has 1 aliphatic heterocycles. The number of nitrogens with zero attached hydrogens (tertiary/aromatic N) is 1. The van der Waals surface area contributed by atoms with Crippen LogP contribution in [0.2, 0.25) is 16.6 Å². The molecule has 0 N–H and O–H groups in total. The smallest absolute Gasteiger partial charge is 0.416 e. The number of carbonyl (C=O) groups excluding carboxylic acids is 2. The van der Waals surface area contributed by atoms with Gasteiger partial charge in [-0.25, -0.2) is 9.69 Å². The molecule has 184 valence electrons. The molecule has 6 heteroatoms. The molecule has 2 amide bonds. The number of cyclic esters (lactones) is 1. The van der Waals surface area contributed by atoms with Crippen molar-refractivity contribution in [1.29, 1.82) is 0 Å². The summed E-state index contributed by atoms with van der Waals surface area (Å²) in [4.78, 5) is 26.6. The molecule has 0 aliphatic carbocycles. The second-order valence-corrected chi connectivity index (χ2v) is 15.7. The highest BCUT2D eigenvalue weighted by Crippen LogP contribution is 2.42. The zero-order valence-electron chi connectivity index (χ0n) is 21.4. The van der Waals surface area contributed by atoms with Crippen LogP contribution in [0.25, 0.3) is 0 Å². The highest BCUT2D eigenvalue weighted by molar-refractivity contribution is 6.77.